The maximum absolute atomic E-state index is 11.4. The summed E-state index contributed by atoms with van der Waals surface area (Å²) in [5, 5.41) is 8.71. The molecule has 0 spiro atoms. The van der Waals surface area contributed by atoms with E-state index in [2.05, 4.69) is 0 Å². The van der Waals surface area contributed by atoms with Gasteiger partial charge in [0.25, 0.3) is 0 Å². The summed E-state index contributed by atoms with van der Waals surface area (Å²) in [6.07, 6.45) is 0. The highest BCUT2D eigenvalue weighted by Crippen LogP contribution is 2.12. The second kappa shape index (κ2) is 4.69. The quantitative estimate of drug-likeness (QED) is 0.418. The third-order valence-electron chi connectivity index (χ3n) is 1.83. The third-order valence-corrected chi connectivity index (χ3v) is 1.83. The summed E-state index contributed by atoms with van der Waals surface area (Å²) >= 11 is 0. The van der Waals surface area contributed by atoms with E-state index in [1.54, 1.807) is 13.8 Å². The van der Waals surface area contributed by atoms with E-state index in [0.717, 1.165) is 6.92 Å². The van der Waals surface area contributed by atoms with Gasteiger partial charge in [0.1, 0.15) is 5.57 Å². The topological polar surface area (TPSA) is 71.4 Å². The predicted molar refractivity (Wildman–Crippen MR) is 50.9 cm³/mol. The van der Waals surface area contributed by atoms with E-state index < -0.39 is 17.3 Å². The molecule has 0 unspecified atom stereocenters. The number of carbonyl (C=O) groups excluding carboxylic acids is 2. The highest BCUT2D eigenvalue weighted by Gasteiger charge is 2.22. The van der Waals surface area contributed by atoms with Gasteiger partial charge in [-0.1, -0.05) is 13.8 Å². The van der Waals surface area contributed by atoms with Crippen LogP contribution in [0.15, 0.2) is 11.1 Å². The summed E-state index contributed by atoms with van der Waals surface area (Å²) in [7, 11) is 0. The molecule has 0 saturated heterocycles. The molecule has 0 aromatic carbocycles. The van der Waals surface area contributed by atoms with Crippen LogP contribution in [-0.2, 0) is 14.4 Å². The van der Waals surface area contributed by atoms with Gasteiger partial charge in [-0.2, -0.15) is 0 Å². The van der Waals surface area contributed by atoms with E-state index in [-0.39, 0.29) is 17.3 Å². The number of rotatable bonds is 4. The van der Waals surface area contributed by atoms with Gasteiger partial charge in [0.15, 0.2) is 11.6 Å². The Bertz CT molecular complexity index is 294. The summed E-state index contributed by atoms with van der Waals surface area (Å²) in [6, 6.07) is 0. The molecule has 0 radical (unpaired) electrons. The van der Waals surface area contributed by atoms with E-state index in [4.69, 9.17) is 5.11 Å². The Kier molecular flexibility index (Phi) is 4.21. The molecule has 0 aliphatic rings. The Morgan fingerprint density at radius 2 is 1.50 bits per heavy atom. The van der Waals surface area contributed by atoms with Gasteiger partial charge in [-0.25, -0.2) is 4.79 Å². The van der Waals surface area contributed by atoms with Gasteiger partial charge in [-0.3, -0.25) is 9.59 Å². The summed E-state index contributed by atoms with van der Waals surface area (Å²) in [4.78, 5) is 33.1. The first-order chi connectivity index (χ1) is 6.29. The van der Waals surface area contributed by atoms with Crippen molar-refractivity contribution in [2.24, 2.45) is 5.92 Å². The molecule has 0 aromatic rings. The van der Waals surface area contributed by atoms with Crippen molar-refractivity contribution in [2.45, 2.75) is 27.7 Å². The van der Waals surface area contributed by atoms with Crippen LogP contribution in [0.1, 0.15) is 27.7 Å². The van der Waals surface area contributed by atoms with Gasteiger partial charge in [-0.15, -0.1) is 0 Å². The Balaban J connectivity index is 5.32. The molecule has 14 heavy (non-hydrogen) atoms. The van der Waals surface area contributed by atoms with Gasteiger partial charge in [-0.05, 0) is 13.8 Å². The van der Waals surface area contributed by atoms with Crippen molar-refractivity contribution >= 4 is 17.5 Å². The highest BCUT2D eigenvalue weighted by molar-refractivity contribution is 6.21. The molecular weight excluding hydrogens is 184 g/mol. The van der Waals surface area contributed by atoms with Crippen molar-refractivity contribution in [1.82, 2.24) is 0 Å². The van der Waals surface area contributed by atoms with Crippen molar-refractivity contribution in [2.75, 3.05) is 0 Å². The van der Waals surface area contributed by atoms with Gasteiger partial charge >= 0.3 is 5.97 Å². The highest BCUT2D eigenvalue weighted by atomic mass is 16.4. The number of carboxylic acids is 1. The number of carbonyl (C=O) groups is 3. The number of allylic oxidation sites excluding steroid dienone is 1. The van der Waals surface area contributed by atoms with Crippen LogP contribution in [0.2, 0.25) is 0 Å². The van der Waals surface area contributed by atoms with Crippen LogP contribution >= 0.6 is 0 Å². The van der Waals surface area contributed by atoms with Gasteiger partial charge in [0, 0.05) is 11.5 Å². The molecule has 0 fully saturated rings. The molecule has 0 aromatic heterocycles. The summed E-state index contributed by atoms with van der Waals surface area (Å²) in [6.45, 7) is 5.82. The van der Waals surface area contributed by atoms with E-state index in [9.17, 15) is 14.4 Å². The number of ketones is 2. The fraction of sp³-hybridized carbons (Fsp3) is 0.500. The molecular formula is C10H14O4. The zero-order valence-corrected chi connectivity index (χ0v) is 8.75. The van der Waals surface area contributed by atoms with Gasteiger partial charge < -0.3 is 5.11 Å². The molecule has 0 aliphatic carbocycles. The molecule has 4 heteroatoms. The van der Waals surface area contributed by atoms with Crippen LogP contribution in [0.25, 0.3) is 0 Å². The van der Waals surface area contributed by atoms with E-state index in [0.29, 0.717) is 0 Å². The largest absolute Gasteiger partial charge is 0.478 e. The van der Waals surface area contributed by atoms with Crippen molar-refractivity contribution in [3.63, 3.8) is 0 Å². The molecule has 0 atom stereocenters. The first-order valence-corrected chi connectivity index (χ1v) is 4.28. The smallest absolute Gasteiger partial charge is 0.339 e. The minimum Gasteiger partial charge on any atom is -0.478 e. The minimum atomic E-state index is -1.34. The molecule has 0 amide bonds. The van der Waals surface area contributed by atoms with Gasteiger partial charge in [0.05, 0.1) is 0 Å². The van der Waals surface area contributed by atoms with Crippen LogP contribution in [0.3, 0.4) is 0 Å². The Hall–Kier alpha value is -1.45. The number of hydrogen-bond donors (Lipinski definition) is 1. The Labute approximate surface area is 82.6 Å². The van der Waals surface area contributed by atoms with Crippen molar-refractivity contribution in [3.05, 3.63) is 11.1 Å². The van der Waals surface area contributed by atoms with E-state index in [1.807, 2.05) is 0 Å². The molecule has 4 nitrogen and oxygen atoms in total. The zero-order valence-electron chi connectivity index (χ0n) is 8.75. The predicted octanol–water partition coefficient (Wildman–Crippen LogP) is 1.20. The second-order valence-electron chi connectivity index (χ2n) is 3.38. The maximum Gasteiger partial charge on any atom is 0.339 e. The molecule has 0 saturated carbocycles. The van der Waals surface area contributed by atoms with E-state index >= 15 is 0 Å². The number of hydrogen-bond acceptors (Lipinski definition) is 3. The molecule has 0 aliphatic heterocycles. The molecule has 78 valence electrons. The van der Waals surface area contributed by atoms with Crippen molar-refractivity contribution < 1.29 is 19.5 Å². The lowest BCUT2D eigenvalue weighted by molar-refractivity contribution is -0.135. The fourth-order valence-corrected chi connectivity index (χ4v) is 1.13. The number of aliphatic carboxylic acids is 1. The average molecular weight is 198 g/mol. The SMILES string of the molecule is CC(=O)/C(C(=O)O)=C(\C)C(=O)C(C)C. The fourth-order valence-electron chi connectivity index (χ4n) is 1.13. The number of Topliss-reactive ketones (excluding diaryl/α,β-unsaturated/α-hetero) is 2. The van der Waals surface area contributed by atoms with Crippen LogP contribution in [0.4, 0.5) is 0 Å². The van der Waals surface area contributed by atoms with E-state index in [1.165, 1.54) is 6.92 Å². The Morgan fingerprint density at radius 1 is 1.07 bits per heavy atom. The van der Waals surface area contributed by atoms with Crippen LogP contribution < -0.4 is 0 Å². The molecule has 0 heterocycles. The first-order valence-electron chi connectivity index (χ1n) is 4.28. The van der Waals surface area contributed by atoms with Gasteiger partial charge in [0.2, 0.25) is 0 Å². The van der Waals surface area contributed by atoms with Crippen LogP contribution in [0.5, 0.6) is 0 Å². The third kappa shape index (κ3) is 2.80. The van der Waals surface area contributed by atoms with Crippen LogP contribution in [-0.4, -0.2) is 22.6 Å². The lowest BCUT2D eigenvalue weighted by atomic mass is 9.96. The zero-order chi connectivity index (χ0) is 11.5. The molecule has 0 rings (SSSR count). The van der Waals surface area contributed by atoms with Crippen molar-refractivity contribution in [1.29, 1.82) is 0 Å². The van der Waals surface area contributed by atoms with Crippen molar-refractivity contribution in [3.8, 4) is 0 Å². The number of carboxylic acid groups (broad SMARTS) is 1. The Morgan fingerprint density at radius 3 is 1.71 bits per heavy atom. The monoisotopic (exact) mass is 198 g/mol. The first kappa shape index (κ1) is 12.6. The molecule has 1 N–H and O–H groups in total. The average Bonchev–Trinajstić information content (AvgIpc) is 2.01. The minimum absolute atomic E-state index is 0.0278. The summed E-state index contributed by atoms with van der Waals surface area (Å²) in [5.74, 6) is -2.55. The summed E-state index contributed by atoms with van der Waals surface area (Å²) < 4.78 is 0. The second-order valence-corrected chi connectivity index (χ2v) is 3.38. The molecule has 0 bridgehead atoms. The standard InChI is InChI=1S/C10H14O4/c1-5(2)9(12)6(3)8(7(4)11)10(13)14/h5H,1-4H3,(H,13,14)/b8-6-. The normalized spacial score (nSPS) is 12.4. The lowest BCUT2D eigenvalue weighted by Gasteiger charge is -2.06. The summed E-state index contributed by atoms with van der Waals surface area (Å²) in [5.41, 5.74) is -0.385. The lowest BCUT2D eigenvalue weighted by Crippen LogP contribution is -2.18. The maximum atomic E-state index is 11.4. The van der Waals surface area contributed by atoms with Crippen LogP contribution in [0, 0.1) is 5.92 Å².